The summed E-state index contributed by atoms with van der Waals surface area (Å²) in [5.41, 5.74) is 7.17. The van der Waals surface area contributed by atoms with Crippen molar-refractivity contribution >= 4 is 35.2 Å². The van der Waals surface area contributed by atoms with Crippen molar-refractivity contribution in [3.63, 3.8) is 0 Å². The normalized spacial score (nSPS) is 17.1. The minimum atomic E-state index is -4.51. The Bertz CT molecular complexity index is 1170. The fourth-order valence-electron chi connectivity index (χ4n) is 5.11. The number of nitrogens with two attached hydrogens (primary N) is 1. The van der Waals surface area contributed by atoms with Gasteiger partial charge in [-0.2, -0.15) is 13.2 Å². The molecule has 2 aromatic carbocycles. The number of benzene rings is 2. The molecule has 0 unspecified atom stereocenters. The third-order valence-corrected chi connectivity index (χ3v) is 7.44. The smallest absolute Gasteiger partial charge is 0.410 e. The van der Waals surface area contributed by atoms with Crippen molar-refractivity contribution in [1.82, 2.24) is 15.5 Å². The number of allylic oxidation sites excluding steroid dienone is 1. The number of piperidine rings is 1. The summed E-state index contributed by atoms with van der Waals surface area (Å²) in [4.78, 5) is 26.9. The molecule has 0 aliphatic carbocycles. The Kier molecular flexibility index (Phi) is 11.1. The maximum absolute atomic E-state index is 12.8. The molecule has 0 bridgehead atoms. The summed E-state index contributed by atoms with van der Waals surface area (Å²) in [6.07, 6.45) is -2.94. The lowest BCUT2D eigenvalue weighted by atomic mass is 9.83. The van der Waals surface area contributed by atoms with Crippen LogP contribution in [0.1, 0.15) is 38.3 Å². The third kappa shape index (κ3) is 8.87. The molecule has 11 heteroatoms. The molecule has 2 aromatic rings. The highest BCUT2D eigenvalue weighted by Gasteiger charge is 2.32. The van der Waals surface area contributed by atoms with Crippen LogP contribution in [0, 0.1) is 11.8 Å². The van der Waals surface area contributed by atoms with Crippen molar-refractivity contribution in [2.45, 2.75) is 38.9 Å². The number of nitrogens with one attached hydrogen (secondary N) is 2. The zero-order valence-corrected chi connectivity index (χ0v) is 23.2. The van der Waals surface area contributed by atoms with Crippen LogP contribution in [0.2, 0.25) is 0 Å². The molecule has 2 atom stereocenters. The number of fused-ring (bicyclic) bond motifs is 1. The van der Waals surface area contributed by atoms with Gasteiger partial charge in [0.05, 0.1) is 19.1 Å². The van der Waals surface area contributed by atoms with Gasteiger partial charge in [0, 0.05) is 30.1 Å². The van der Waals surface area contributed by atoms with Crippen molar-refractivity contribution in [3.8, 4) is 5.75 Å². The summed E-state index contributed by atoms with van der Waals surface area (Å²) >= 11 is 3.71. The van der Waals surface area contributed by atoms with Crippen LogP contribution in [0.5, 0.6) is 5.75 Å². The van der Waals surface area contributed by atoms with Gasteiger partial charge in [0.25, 0.3) is 0 Å². The van der Waals surface area contributed by atoms with E-state index in [9.17, 15) is 22.8 Å². The number of hydrogen-bond donors (Lipinski definition) is 4. The number of carbonyl (C=O) groups excluding carboxylic acids is 2. The van der Waals surface area contributed by atoms with E-state index in [0.717, 1.165) is 42.5 Å². The zero-order valence-electron chi connectivity index (χ0n) is 22.3. The van der Waals surface area contributed by atoms with Gasteiger partial charge in [-0.1, -0.05) is 24.3 Å². The number of thiol groups is 1. The van der Waals surface area contributed by atoms with Crippen LogP contribution in [-0.4, -0.2) is 62.2 Å². The lowest BCUT2D eigenvalue weighted by Gasteiger charge is -2.38. The van der Waals surface area contributed by atoms with Crippen LogP contribution in [0.4, 0.5) is 13.2 Å². The number of rotatable bonds is 11. The second-order valence-electron chi connectivity index (χ2n) is 9.73. The van der Waals surface area contributed by atoms with Crippen molar-refractivity contribution in [2.75, 3.05) is 39.3 Å². The average molecular weight is 567 g/mol. The number of carbonyl (C=O) groups is 2. The molecular formula is C28H37F3N4O3S. The predicted octanol–water partition coefficient (Wildman–Crippen LogP) is 4.19. The van der Waals surface area contributed by atoms with Crippen LogP contribution in [0.15, 0.2) is 47.4 Å². The van der Waals surface area contributed by atoms with E-state index in [-0.39, 0.29) is 48.5 Å². The maximum atomic E-state index is 12.8. The Morgan fingerprint density at radius 2 is 1.90 bits per heavy atom. The molecule has 1 heterocycles. The van der Waals surface area contributed by atoms with Crippen LogP contribution in [0.25, 0.3) is 10.8 Å². The number of halogens is 3. The summed E-state index contributed by atoms with van der Waals surface area (Å²) in [5, 5.41) is 7.20. The zero-order chi connectivity index (χ0) is 28.6. The Labute approximate surface area is 232 Å². The van der Waals surface area contributed by atoms with Crippen LogP contribution >= 0.6 is 12.6 Å². The minimum absolute atomic E-state index is 0.00498. The second-order valence-corrected chi connectivity index (χ2v) is 10.3. The monoisotopic (exact) mass is 566 g/mol. The average Bonchev–Trinajstić information content (AvgIpc) is 2.90. The van der Waals surface area contributed by atoms with Crippen LogP contribution in [0.3, 0.4) is 0 Å². The molecular weight excluding hydrogens is 529 g/mol. The molecule has 4 N–H and O–H groups in total. The van der Waals surface area contributed by atoms with Crippen molar-refractivity contribution < 1.29 is 27.5 Å². The minimum Gasteiger partial charge on any atom is -0.494 e. The van der Waals surface area contributed by atoms with Gasteiger partial charge < -0.3 is 21.1 Å². The fourth-order valence-corrected chi connectivity index (χ4v) is 5.33. The first kappa shape index (κ1) is 30.8. The summed E-state index contributed by atoms with van der Waals surface area (Å²) in [6, 6.07) is 12.6. The summed E-state index contributed by atoms with van der Waals surface area (Å²) in [5.74, 6) is -0.469. The summed E-state index contributed by atoms with van der Waals surface area (Å²) < 4.78 is 42.7. The number of nitrogens with zero attached hydrogens (tertiary/aromatic N) is 1. The van der Waals surface area contributed by atoms with Gasteiger partial charge in [-0.25, -0.2) is 0 Å². The van der Waals surface area contributed by atoms with E-state index in [4.69, 9.17) is 10.5 Å². The molecule has 0 saturated carbocycles. The molecule has 1 aliphatic rings. The molecule has 2 amide bonds. The third-order valence-electron chi connectivity index (χ3n) is 7.15. The number of hydrogen-bond acceptors (Lipinski definition) is 6. The molecule has 1 saturated heterocycles. The highest BCUT2D eigenvalue weighted by molar-refractivity contribution is 7.84. The van der Waals surface area contributed by atoms with E-state index in [1.54, 1.807) is 0 Å². The number of amides is 2. The predicted molar refractivity (Wildman–Crippen MR) is 150 cm³/mol. The first-order chi connectivity index (χ1) is 18.5. The largest absolute Gasteiger partial charge is 0.494 e. The molecule has 39 heavy (non-hydrogen) atoms. The van der Waals surface area contributed by atoms with E-state index < -0.39 is 18.0 Å². The van der Waals surface area contributed by atoms with Gasteiger partial charge in [0.1, 0.15) is 5.75 Å². The highest BCUT2D eigenvalue weighted by Crippen LogP contribution is 2.34. The molecule has 1 fully saturated rings. The van der Waals surface area contributed by atoms with Gasteiger partial charge in [-0.05, 0) is 74.2 Å². The van der Waals surface area contributed by atoms with Gasteiger partial charge >= 0.3 is 6.18 Å². The first-order valence-electron chi connectivity index (χ1n) is 13.1. The van der Waals surface area contributed by atoms with Gasteiger partial charge in [-0.15, -0.1) is 12.6 Å². The van der Waals surface area contributed by atoms with Crippen LogP contribution < -0.4 is 21.1 Å². The van der Waals surface area contributed by atoms with E-state index in [2.05, 4.69) is 65.4 Å². The molecule has 3 rings (SSSR count). The molecule has 214 valence electrons. The molecule has 0 radical (unpaired) electrons. The first-order valence-corrected chi connectivity index (χ1v) is 13.6. The standard InChI is InChI=1S/C28H37F3N4O3S/c1-3-38-21-8-7-19-5-4-6-23(24(19)13-21)18(2)35-11-9-20(10-12-35)25(15-32)27(37)34-17-26(36)33-16-22(39)14-28(29,30)31/h4-8,13-14,18,20,25,39H,3,9-12,15-17,32H2,1-2H3,(H,33,36)(H,34,37)/b22-14+/t18-,25-/m1/s1. The van der Waals surface area contributed by atoms with Crippen molar-refractivity contribution in [2.24, 2.45) is 17.6 Å². The Balaban J connectivity index is 1.53. The van der Waals surface area contributed by atoms with Crippen LogP contribution in [-0.2, 0) is 9.59 Å². The Morgan fingerprint density at radius 3 is 2.54 bits per heavy atom. The fraction of sp³-hybridized carbons (Fsp3) is 0.500. The van der Waals surface area contributed by atoms with E-state index >= 15 is 0 Å². The van der Waals surface area contributed by atoms with Crippen molar-refractivity contribution in [3.05, 3.63) is 52.9 Å². The van der Waals surface area contributed by atoms with E-state index in [1.165, 1.54) is 5.56 Å². The van der Waals surface area contributed by atoms with E-state index in [0.29, 0.717) is 6.61 Å². The number of likely N-dealkylation sites (tertiary alicyclic amines) is 1. The lowest BCUT2D eigenvalue weighted by molar-refractivity contribution is -0.130. The van der Waals surface area contributed by atoms with Crippen molar-refractivity contribution in [1.29, 1.82) is 0 Å². The SMILES string of the molecule is CCOc1ccc2cccc([C@@H](C)N3CCC([C@@H](CN)C(=O)NCC(=O)NC/C(S)=C\C(F)(F)F)CC3)c2c1. The Morgan fingerprint density at radius 1 is 1.18 bits per heavy atom. The lowest BCUT2D eigenvalue weighted by Crippen LogP contribution is -2.46. The number of alkyl halides is 3. The molecule has 0 spiro atoms. The van der Waals surface area contributed by atoms with Gasteiger partial charge in [-0.3, -0.25) is 14.5 Å². The molecule has 0 aromatic heterocycles. The topological polar surface area (TPSA) is 96.7 Å². The maximum Gasteiger partial charge on any atom is 0.410 e. The summed E-state index contributed by atoms with van der Waals surface area (Å²) in [7, 11) is 0. The van der Waals surface area contributed by atoms with Gasteiger partial charge in [0.15, 0.2) is 0 Å². The second kappa shape index (κ2) is 14.0. The molecule has 7 nitrogen and oxygen atoms in total. The quantitative estimate of drug-likeness (QED) is 0.306. The van der Waals surface area contributed by atoms with Gasteiger partial charge in [0.2, 0.25) is 11.8 Å². The summed E-state index contributed by atoms with van der Waals surface area (Å²) in [6.45, 7) is 5.78. The number of ether oxygens (including phenoxy) is 1. The highest BCUT2D eigenvalue weighted by atomic mass is 32.1. The Hall–Kier alpha value is -2.76. The molecule has 1 aliphatic heterocycles. The van der Waals surface area contributed by atoms with E-state index in [1.807, 2.05) is 13.0 Å².